The van der Waals surface area contributed by atoms with Gasteiger partial charge in [0, 0.05) is 0 Å². The van der Waals surface area contributed by atoms with E-state index in [-0.39, 0.29) is 11.6 Å². The molecule has 0 amide bonds. The van der Waals surface area contributed by atoms with Crippen molar-refractivity contribution in [3.05, 3.63) is 29.8 Å². The van der Waals surface area contributed by atoms with Gasteiger partial charge in [-0.15, -0.1) is 0 Å². The molecule has 0 unspecified atom stereocenters. The molecule has 2 nitrogen and oxygen atoms in total. The summed E-state index contributed by atoms with van der Waals surface area (Å²) in [4.78, 5) is 0. The molecule has 0 aliphatic carbocycles. The molecule has 15 heavy (non-hydrogen) atoms. The largest absolute Gasteiger partial charge is 0.542 e. The van der Waals surface area contributed by atoms with E-state index in [1.165, 1.54) is 0 Å². The Morgan fingerprint density at radius 1 is 1.20 bits per heavy atom. The number of rotatable bonds is 3. The number of aliphatic hydroxyl groups excluding tert-OH is 1. The molecule has 1 aromatic rings. The van der Waals surface area contributed by atoms with Gasteiger partial charge in [0.1, 0.15) is 5.75 Å². The Balaban J connectivity index is 2.65. The minimum absolute atomic E-state index is 0.0868. The molecule has 0 atom stereocenters. The maximum atomic E-state index is 8.91. The second-order valence-corrected chi connectivity index (χ2v) is 7.53. The van der Waals surface area contributed by atoms with Crippen molar-refractivity contribution in [2.45, 2.75) is 39.0 Å². The highest BCUT2D eigenvalue weighted by Crippen LogP contribution is 2.28. The number of benzene rings is 1. The topological polar surface area (TPSA) is 29.5 Å². The van der Waals surface area contributed by atoms with Gasteiger partial charge in [-0.05, 0) is 29.3 Å². The van der Waals surface area contributed by atoms with Crippen LogP contribution in [-0.4, -0.2) is 14.1 Å². The first-order valence-electron chi connectivity index (χ1n) is 5.15. The van der Waals surface area contributed by atoms with Crippen molar-refractivity contribution < 1.29 is 9.53 Å². The zero-order valence-electron chi connectivity index (χ0n) is 9.87. The third-order valence-electron chi connectivity index (χ3n) is 2.43. The van der Waals surface area contributed by atoms with E-state index in [0.29, 0.717) is 0 Å². The average Bonchev–Trinajstić information content (AvgIpc) is 2.17. The number of hydrogen-bond donors (Lipinski definition) is 1. The molecule has 0 fully saturated rings. The fourth-order valence-electron chi connectivity index (χ4n) is 0.993. The van der Waals surface area contributed by atoms with Gasteiger partial charge >= 0.3 is 0 Å². The molecule has 0 saturated carbocycles. The van der Waals surface area contributed by atoms with Crippen molar-refractivity contribution in [1.29, 1.82) is 0 Å². The van der Waals surface area contributed by atoms with Crippen molar-refractivity contribution in [2.24, 2.45) is 0 Å². The molecule has 0 saturated heterocycles. The summed E-state index contributed by atoms with van der Waals surface area (Å²) in [5.41, 5.74) is 0.919. The van der Waals surface area contributed by atoms with Crippen LogP contribution in [0.1, 0.15) is 26.3 Å². The summed E-state index contributed by atoms with van der Waals surface area (Å²) >= 11 is 0. The van der Waals surface area contributed by atoms with Crippen LogP contribution in [0.4, 0.5) is 0 Å². The van der Waals surface area contributed by atoms with E-state index in [4.69, 9.17) is 9.53 Å². The van der Waals surface area contributed by atoms with Crippen LogP contribution in [0.25, 0.3) is 0 Å². The van der Waals surface area contributed by atoms with E-state index < -0.39 is 9.04 Å². The highest BCUT2D eigenvalue weighted by atomic mass is 28.3. The normalized spacial score (nSPS) is 11.9. The number of hydrogen-bond acceptors (Lipinski definition) is 2. The lowest BCUT2D eigenvalue weighted by atomic mass is 10.2. The van der Waals surface area contributed by atoms with Gasteiger partial charge in [0.05, 0.1) is 6.61 Å². The maximum absolute atomic E-state index is 8.91. The summed E-state index contributed by atoms with van der Waals surface area (Å²) in [6.45, 7) is 8.85. The summed E-state index contributed by atoms with van der Waals surface area (Å²) in [5, 5.41) is 9.14. The predicted molar refractivity (Wildman–Crippen MR) is 64.3 cm³/mol. The predicted octanol–water partition coefficient (Wildman–Crippen LogP) is 2.98. The summed E-state index contributed by atoms with van der Waals surface area (Å²) in [6, 6.07) is 7.64. The van der Waals surface area contributed by atoms with E-state index in [9.17, 15) is 0 Å². The van der Waals surface area contributed by atoms with Crippen LogP contribution < -0.4 is 4.43 Å². The first kappa shape index (κ1) is 12.3. The monoisotopic (exact) mass is 223 g/mol. The second kappa shape index (κ2) is 4.81. The van der Waals surface area contributed by atoms with Gasteiger partial charge in [-0.25, -0.2) is 0 Å². The Hall–Kier alpha value is -0.803. The minimum Gasteiger partial charge on any atom is -0.542 e. The Morgan fingerprint density at radius 2 is 1.73 bits per heavy atom. The Morgan fingerprint density at radius 3 is 2.13 bits per heavy atom. The van der Waals surface area contributed by atoms with Crippen LogP contribution in [0.3, 0.4) is 0 Å². The third-order valence-corrected chi connectivity index (χ3v) is 5.09. The maximum Gasteiger partial charge on any atom is 0.283 e. The van der Waals surface area contributed by atoms with Crippen LogP contribution in [0.2, 0.25) is 11.6 Å². The fraction of sp³-hybridized carbons (Fsp3) is 0.500. The van der Waals surface area contributed by atoms with Gasteiger partial charge in [-0.1, -0.05) is 32.9 Å². The quantitative estimate of drug-likeness (QED) is 0.798. The van der Waals surface area contributed by atoms with Crippen LogP contribution in [0.5, 0.6) is 5.75 Å². The molecule has 0 heterocycles. The standard InChI is InChI=1S/C12H19O2Si/c1-12(2,3)15(4)14-11-7-5-10(9-13)6-8-11/h5-8,13H,9H2,1-4H3. The van der Waals surface area contributed by atoms with Crippen LogP contribution in [0, 0.1) is 0 Å². The van der Waals surface area contributed by atoms with Crippen molar-refractivity contribution in [3.63, 3.8) is 0 Å². The van der Waals surface area contributed by atoms with Crippen molar-refractivity contribution >= 4 is 9.04 Å². The van der Waals surface area contributed by atoms with Gasteiger partial charge in [-0.3, -0.25) is 0 Å². The summed E-state index contributed by atoms with van der Waals surface area (Å²) in [7, 11) is -0.839. The van der Waals surface area contributed by atoms with Crippen molar-refractivity contribution in [2.75, 3.05) is 0 Å². The summed E-state index contributed by atoms with van der Waals surface area (Å²) in [6.07, 6.45) is 0. The highest BCUT2D eigenvalue weighted by Gasteiger charge is 2.25. The molecular formula is C12H19O2Si. The molecule has 0 aliphatic heterocycles. The van der Waals surface area contributed by atoms with E-state index in [0.717, 1.165) is 11.3 Å². The van der Waals surface area contributed by atoms with E-state index in [2.05, 4.69) is 27.3 Å². The van der Waals surface area contributed by atoms with Gasteiger partial charge in [0.15, 0.2) is 0 Å². The van der Waals surface area contributed by atoms with Gasteiger partial charge in [0.25, 0.3) is 9.04 Å². The zero-order valence-corrected chi connectivity index (χ0v) is 10.9. The molecule has 3 heteroatoms. The Bertz CT molecular complexity index is 300. The lowest BCUT2D eigenvalue weighted by Gasteiger charge is -2.25. The van der Waals surface area contributed by atoms with Gasteiger partial charge in [-0.2, -0.15) is 0 Å². The van der Waals surface area contributed by atoms with E-state index >= 15 is 0 Å². The summed E-state index contributed by atoms with van der Waals surface area (Å²) in [5.74, 6) is 0.901. The first-order chi connectivity index (χ1) is 6.93. The van der Waals surface area contributed by atoms with E-state index in [1.807, 2.05) is 24.3 Å². The van der Waals surface area contributed by atoms with Crippen LogP contribution in [-0.2, 0) is 6.61 Å². The number of aliphatic hydroxyl groups is 1. The average molecular weight is 223 g/mol. The van der Waals surface area contributed by atoms with Crippen LogP contribution in [0.15, 0.2) is 24.3 Å². The molecule has 0 aliphatic rings. The molecule has 1 rings (SSSR count). The molecule has 1 radical (unpaired) electrons. The Kier molecular flexibility index (Phi) is 3.94. The van der Waals surface area contributed by atoms with Crippen molar-refractivity contribution in [3.8, 4) is 5.75 Å². The summed E-state index contributed by atoms with van der Waals surface area (Å²) < 4.78 is 5.90. The lowest BCUT2D eigenvalue weighted by Crippen LogP contribution is -2.28. The molecule has 83 valence electrons. The Labute approximate surface area is 93.6 Å². The minimum atomic E-state index is -0.839. The first-order valence-corrected chi connectivity index (χ1v) is 7.06. The molecule has 1 aromatic carbocycles. The van der Waals surface area contributed by atoms with Crippen LogP contribution >= 0.6 is 0 Å². The lowest BCUT2D eigenvalue weighted by molar-refractivity contribution is 0.282. The molecule has 0 bridgehead atoms. The smallest absolute Gasteiger partial charge is 0.283 e. The highest BCUT2D eigenvalue weighted by molar-refractivity contribution is 6.54. The van der Waals surface area contributed by atoms with Gasteiger partial charge < -0.3 is 9.53 Å². The second-order valence-electron chi connectivity index (χ2n) is 4.71. The SMILES string of the molecule is C[Si](Oc1ccc(CO)cc1)C(C)(C)C. The molecule has 0 aromatic heterocycles. The molecule has 1 N–H and O–H groups in total. The molecular weight excluding hydrogens is 204 g/mol. The molecule has 0 spiro atoms. The van der Waals surface area contributed by atoms with Crippen molar-refractivity contribution in [1.82, 2.24) is 0 Å². The van der Waals surface area contributed by atoms with Gasteiger partial charge in [0.2, 0.25) is 0 Å². The fourth-order valence-corrected chi connectivity index (χ4v) is 1.79. The van der Waals surface area contributed by atoms with E-state index in [1.54, 1.807) is 0 Å². The zero-order chi connectivity index (χ0) is 11.5. The third kappa shape index (κ3) is 3.68.